The molecule has 4 rings (SSSR count). The fraction of sp³-hybridized carbons (Fsp3) is 0.100. The highest BCUT2D eigenvalue weighted by Crippen LogP contribution is 2.24. The Labute approximate surface area is 160 Å². The van der Waals surface area contributed by atoms with Crippen molar-refractivity contribution in [1.82, 2.24) is 29.5 Å². The quantitative estimate of drug-likeness (QED) is 0.381. The molecule has 0 fully saturated rings. The van der Waals surface area contributed by atoms with Crippen LogP contribution in [-0.2, 0) is 0 Å². The van der Waals surface area contributed by atoms with E-state index in [0.29, 0.717) is 11.3 Å². The first-order valence-corrected chi connectivity index (χ1v) is 8.61. The van der Waals surface area contributed by atoms with E-state index in [4.69, 9.17) is 0 Å². The number of nitrogens with zero attached hydrogens (tertiary/aromatic N) is 6. The van der Waals surface area contributed by atoms with Crippen LogP contribution < -0.4 is 0 Å². The molecule has 8 heteroatoms. The van der Waals surface area contributed by atoms with Gasteiger partial charge < -0.3 is 0 Å². The molecule has 0 amide bonds. The van der Waals surface area contributed by atoms with E-state index in [1.54, 1.807) is 58.4 Å². The van der Waals surface area contributed by atoms with Crippen LogP contribution in [0.2, 0.25) is 0 Å². The van der Waals surface area contributed by atoms with Crippen molar-refractivity contribution in [3.05, 3.63) is 84.5 Å². The molecule has 0 saturated carbocycles. The number of Topliss-reactive ketones (excluding diaryl/α,β-unsaturated/α-hetero) is 2. The number of hydrogen-bond acceptors (Lipinski definition) is 6. The van der Waals surface area contributed by atoms with Gasteiger partial charge in [-0.15, -0.1) is 0 Å². The number of carbonyl (C=O) groups is 2. The minimum atomic E-state index is -0.421. The van der Waals surface area contributed by atoms with Crippen molar-refractivity contribution >= 4 is 11.6 Å². The maximum absolute atomic E-state index is 13.0. The molecule has 0 aliphatic carbocycles. The molecule has 0 atom stereocenters. The fourth-order valence-corrected chi connectivity index (χ4v) is 2.94. The second-order valence-corrected chi connectivity index (χ2v) is 6.13. The summed E-state index contributed by atoms with van der Waals surface area (Å²) < 4.78 is 3.34. The topological polar surface area (TPSA) is 95.6 Å². The van der Waals surface area contributed by atoms with Crippen LogP contribution in [-0.4, -0.2) is 41.1 Å². The van der Waals surface area contributed by atoms with Crippen LogP contribution in [0.4, 0.5) is 0 Å². The molecule has 4 aromatic rings. The van der Waals surface area contributed by atoms with Gasteiger partial charge in [-0.2, -0.15) is 10.2 Å². The van der Waals surface area contributed by atoms with Gasteiger partial charge in [0.2, 0.25) is 5.78 Å². The third kappa shape index (κ3) is 3.35. The normalized spacial score (nSPS) is 10.8. The van der Waals surface area contributed by atoms with Gasteiger partial charge in [0.25, 0.3) is 0 Å². The predicted molar refractivity (Wildman–Crippen MR) is 101 cm³/mol. The molecule has 0 saturated heterocycles. The molecule has 0 aliphatic heterocycles. The smallest absolute Gasteiger partial charge is 0.207 e. The van der Waals surface area contributed by atoms with E-state index in [-0.39, 0.29) is 18.0 Å². The number of benzene rings is 1. The standard InChI is InChI=1S/C20H16N6O2/c1-14-16(18(27)13-19(28)20-21-5-2-6-22-20)11-15(25-9-3-7-23-25)12-17(14)26-10-4-8-24-26/h2-12H,13H2,1H3. The van der Waals surface area contributed by atoms with Gasteiger partial charge in [-0.05, 0) is 42.8 Å². The van der Waals surface area contributed by atoms with E-state index in [1.165, 1.54) is 12.4 Å². The van der Waals surface area contributed by atoms with Gasteiger partial charge in [-0.1, -0.05) is 0 Å². The second-order valence-electron chi connectivity index (χ2n) is 6.13. The second kappa shape index (κ2) is 7.36. The SMILES string of the molecule is Cc1c(C(=O)CC(=O)c2ncccn2)cc(-n2cccn2)cc1-n1cccn1. The summed E-state index contributed by atoms with van der Waals surface area (Å²) in [5.41, 5.74) is 2.60. The lowest BCUT2D eigenvalue weighted by atomic mass is 9.98. The Balaban J connectivity index is 1.75. The Hall–Kier alpha value is -3.94. The van der Waals surface area contributed by atoms with Crippen LogP contribution in [0.15, 0.2) is 67.5 Å². The molecule has 0 radical (unpaired) electrons. The van der Waals surface area contributed by atoms with Gasteiger partial charge in [-0.3, -0.25) is 9.59 Å². The zero-order valence-electron chi connectivity index (χ0n) is 15.1. The lowest BCUT2D eigenvalue weighted by molar-refractivity contribution is 0.0888. The Morgan fingerprint density at radius 1 is 0.857 bits per heavy atom. The molecule has 0 N–H and O–H groups in total. The maximum atomic E-state index is 13.0. The fourth-order valence-electron chi connectivity index (χ4n) is 2.94. The molecule has 28 heavy (non-hydrogen) atoms. The van der Waals surface area contributed by atoms with Crippen molar-refractivity contribution in [2.75, 3.05) is 0 Å². The van der Waals surface area contributed by atoms with E-state index in [0.717, 1.165) is 11.3 Å². The van der Waals surface area contributed by atoms with Crippen molar-refractivity contribution in [3.8, 4) is 11.4 Å². The molecule has 3 aromatic heterocycles. The molecular weight excluding hydrogens is 356 g/mol. The number of aromatic nitrogens is 6. The van der Waals surface area contributed by atoms with Gasteiger partial charge in [0.05, 0.1) is 17.8 Å². The summed E-state index contributed by atoms with van der Waals surface area (Å²) in [4.78, 5) is 33.2. The third-order valence-corrected chi connectivity index (χ3v) is 4.32. The van der Waals surface area contributed by atoms with Crippen LogP contribution in [0.5, 0.6) is 0 Å². The van der Waals surface area contributed by atoms with Gasteiger partial charge in [0, 0.05) is 42.7 Å². The minimum Gasteiger partial charge on any atom is -0.294 e. The van der Waals surface area contributed by atoms with Crippen LogP contribution >= 0.6 is 0 Å². The highest BCUT2D eigenvalue weighted by atomic mass is 16.1. The Bertz CT molecular complexity index is 1120. The summed E-state index contributed by atoms with van der Waals surface area (Å²) in [5, 5.41) is 8.50. The van der Waals surface area contributed by atoms with Crippen molar-refractivity contribution in [3.63, 3.8) is 0 Å². The van der Waals surface area contributed by atoms with Crippen molar-refractivity contribution in [2.24, 2.45) is 0 Å². The zero-order chi connectivity index (χ0) is 19.5. The van der Waals surface area contributed by atoms with E-state index in [9.17, 15) is 9.59 Å². The summed E-state index contributed by atoms with van der Waals surface area (Å²) in [6.07, 6.45) is 9.55. The van der Waals surface area contributed by atoms with E-state index >= 15 is 0 Å². The number of ketones is 2. The van der Waals surface area contributed by atoms with Gasteiger partial charge in [0.15, 0.2) is 11.6 Å². The average molecular weight is 372 g/mol. The van der Waals surface area contributed by atoms with E-state index < -0.39 is 5.78 Å². The molecule has 1 aromatic carbocycles. The highest BCUT2D eigenvalue weighted by molar-refractivity contribution is 6.13. The highest BCUT2D eigenvalue weighted by Gasteiger charge is 2.20. The summed E-state index contributed by atoms with van der Waals surface area (Å²) in [5.74, 6) is -0.698. The van der Waals surface area contributed by atoms with Crippen LogP contribution in [0, 0.1) is 6.92 Å². The van der Waals surface area contributed by atoms with Gasteiger partial charge >= 0.3 is 0 Å². The van der Waals surface area contributed by atoms with E-state index in [1.807, 2.05) is 13.0 Å². The number of carbonyl (C=O) groups excluding carboxylic acids is 2. The third-order valence-electron chi connectivity index (χ3n) is 4.32. The average Bonchev–Trinajstić information content (AvgIpc) is 3.43. The summed E-state index contributed by atoms with van der Waals surface area (Å²) >= 11 is 0. The van der Waals surface area contributed by atoms with Crippen LogP contribution in [0.25, 0.3) is 11.4 Å². The first-order chi connectivity index (χ1) is 13.6. The zero-order valence-corrected chi connectivity index (χ0v) is 15.1. The largest absolute Gasteiger partial charge is 0.294 e. The Morgan fingerprint density at radius 2 is 1.54 bits per heavy atom. The lowest BCUT2D eigenvalue weighted by Crippen LogP contribution is -2.14. The van der Waals surface area contributed by atoms with Crippen molar-refractivity contribution in [1.29, 1.82) is 0 Å². The van der Waals surface area contributed by atoms with Crippen LogP contribution in [0.3, 0.4) is 0 Å². The molecule has 3 heterocycles. The Kier molecular flexibility index (Phi) is 4.59. The van der Waals surface area contributed by atoms with Crippen LogP contribution in [0.1, 0.15) is 33.0 Å². The molecule has 0 spiro atoms. The summed E-state index contributed by atoms with van der Waals surface area (Å²) in [7, 11) is 0. The molecule has 8 nitrogen and oxygen atoms in total. The predicted octanol–water partition coefficient (Wildman–Crippen LogP) is 2.61. The van der Waals surface area contributed by atoms with Gasteiger partial charge in [0.1, 0.15) is 0 Å². The van der Waals surface area contributed by atoms with Gasteiger partial charge in [-0.25, -0.2) is 19.3 Å². The monoisotopic (exact) mass is 372 g/mol. The molecule has 138 valence electrons. The Morgan fingerprint density at radius 3 is 2.18 bits per heavy atom. The molecule has 0 unspecified atom stereocenters. The van der Waals surface area contributed by atoms with Crippen molar-refractivity contribution < 1.29 is 9.59 Å². The molecule has 0 aliphatic rings. The number of rotatable bonds is 6. The van der Waals surface area contributed by atoms with E-state index in [2.05, 4.69) is 20.2 Å². The molecule has 0 bridgehead atoms. The molecular formula is C20H16N6O2. The summed E-state index contributed by atoms with van der Waals surface area (Å²) in [6, 6.07) is 8.85. The van der Waals surface area contributed by atoms with Crippen molar-refractivity contribution in [2.45, 2.75) is 13.3 Å². The number of hydrogen-bond donors (Lipinski definition) is 0. The first-order valence-electron chi connectivity index (χ1n) is 8.61. The first kappa shape index (κ1) is 17.5. The summed E-state index contributed by atoms with van der Waals surface area (Å²) in [6.45, 7) is 1.83. The maximum Gasteiger partial charge on any atom is 0.207 e. The minimum absolute atomic E-state index is 0.0315. The lowest BCUT2D eigenvalue weighted by Gasteiger charge is -2.14.